The third-order valence-electron chi connectivity index (χ3n) is 3.86. The Balaban J connectivity index is 2.22. The van der Waals surface area contributed by atoms with Gasteiger partial charge in [0.2, 0.25) is 5.91 Å². The SMILES string of the molecule is CCc1cc(C(=O)OC)c(NC(=O)[C@H]2CC=CC[C@@H]2C(=O)O)s1. The minimum absolute atomic E-state index is 0.306. The van der Waals surface area contributed by atoms with Crippen LogP contribution in [0.25, 0.3) is 0 Å². The van der Waals surface area contributed by atoms with Crippen LogP contribution in [-0.2, 0) is 20.7 Å². The second kappa shape index (κ2) is 7.41. The number of carbonyl (C=O) groups is 3. The van der Waals surface area contributed by atoms with Crippen LogP contribution in [-0.4, -0.2) is 30.1 Å². The number of aryl methyl sites for hydroxylation is 1. The van der Waals surface area contributed by atoms with Crippen LogP contribution >= 0.6 is 11.3 Å². The summed E-state index contributed by atoms with van der Waals surface area (Å²) in [6.07, 6.45) is 5.04. The highest BCUT2D eigenvalue weighted by Gasteiger charge is 2.34. The maximum Gasteiger partial charge on any atom is 0.340 e. The Hall–Kier alpha value is -2.15. The molecule has 0 saturated carbocycles. The first-order valence-corrected chi connectivity index (χ1v) is 8.19. The highest BCUT2D eigenvalue weighted by molar-refractivity contribution is 7.16. The largest absolute Gasteiger partial charge is 0.481 e. The summed E-state index contributed by atoms with van der Waals surface area (Å²) in [6, 6.07) is 1.70. The van der Waals surface area contributed by atoms with Gasteiger partial charge in [-0.1, -0.05) is 19.1 Å². The number of esters is 1. The summed E-state index contributed by atoms with van der Waals surface area (Å²) >= 11 is 1.31. The molecule has 0 spiro atoms. The van der Waals surface area contributed by atoms with Gasteiger partial charge in [-0.15, -0.1) is 11.3 Å². The zero-order valence-corrected chi connectivity index (χ0v) is 13.8. The number of methoxy groups -OCH3 is 1. The first kappa shape index (κ1) is 17.2. The van der Waals surface area contributed by atoms with Crippen molar-refractivity contribution in [3.05, 3.63) is 28.7 Å². The van der Waals surface area contributed by atoms with Crippen LogP contribution in [0, 0.1) is 11.8 Å². The van der Waals surface area contributed by atoms with Gasteiger partial charge in [-0.25, -0.2) is 4.79 Å². The number of carboxylic acid groups (broad SMARTS) is 1. The quantitative estimate of drug-likeness (QED) is 0.636. The van der Waals surface area contributed by atoms with E-state index in [0.717, 1.165) is 11.3 Å². The molecule has 1 aliphatic rings. The third-order valence-corrected chi connectivity index (χ3v) is 5.05. The van der Waals surface area contributed by atoms with Crippen molar-refractivity contribution in [2.75, 3.05) is 12.4 Å². The number of carboxylic acids is 1. The Kier molecular flexibility index (Phi) is 5.54. The summed E-state index contributed by atoms with van der Waals surface area (Å²) in [5.74, 6) is -3.27. The van der Waals surface area contributed by atoms with Gasteiger partial charge in [0.1, 0.15) is 5.00 Å². The van der Waals surface area contributed by atoms with Crippen LogP contribution in [0.15, 0.2) is 18.2 Å². The van der Waals surface area contributed by atoms with E-state index in [9.17, 15) is 19.5 Å². The molecule has 2 rings (SSSR count). The second-order valence-electron chi connectivity index (χ2n) is 5.28. The molecule has 0 bridgehead atoms. The Morgan fingerprint density at radius 1 is 1.30 bits per heavy atom. The van der Waals surface area contributed by atoms with Gasteiger partial charge in [-0.3, -0.25) is 9.59 Å². The molecule has 0 saturated heterocycles. The monoisotopic (exact) mass is 337 g/mol. The van der Waals surface area contributed by atoms with E-state index in [1.807, 2.05) is 13.0 Å². The summed E-state index contributed by atoms with van der Waals surface area (Å²) in [6.45, 7) is 1.95. The molecule has 1 aromatic heterocycles. The van der Waals surface area contributed by atoms with Crippen LogP contribution in [0.1, 0.15) is 35.0 Å². The standard InChI is InChI=1S/C16H19NO5S/c1-3-9-8-12(16(21)22-2)14(23-9)17-13(18)10-6-4-5-7-11(10)15(19)20/h4-5,8,10-11H,3,6-7H2,1-2H3,(H,17,18)(H,19,20)/t10-,11-/m0/s1. The molecule has 0 unspecified atom stereocenters. The van der Waals surface area contributed by atoms with Crippen LogP contribution in [0.4, 0.5) is 5.00 Å². The molecule has 0 aliphatic heterocycles. The average Bonchev–Trinajstić information content (AvgIpc) is 2.97. The van der Waals surface area contributed by atoms with Crippen molar-refractivity contribution < 1.29 is 24.2 Å². The topological polar surface area (TPSA) is 92.7 Å². The molecule has 23 heavy (non-hydrogen) atoms. The first-order valence-electron chi connectivity index (χ1n) is 7.37. The smallest absolute Gasteiger partial charge is 0.340 e. The molecule has 1 aliphatic carbocycles. The van der Waals surface area contributed by atoms with E-state index in [4.69, 9.17) is 4.74 Å². The lowest BCUT2D eigenvalue weighted by Gasteiger charge is -2.24. The number of hydrogen-bond donors (Lipinski definition) is 2. The summed E-state index contributed by atoms with van der Waals surface area (Å²) in [5, 5.41) is 12.4. The highest BCUT2D eigenvalue weighted by atomic mass is 32.1. The molecule has 0 aromatic carbocycles. The van der Waals surface area contributed by atoms with Crippen molar-refractivity contribution in [2.24, 2.45) is 11.8 Å². The van der Waals surface area contributed by atoms with Gasteiger partial charge in [0.15, 0.2) is 0 Å². The molecule has 7 heteroatoms. The number of allylic oxidation sites excluding steroid dienone is 2. The van der Waals surface area contributed by atoms with Gasteiger partial charge in [0.05, 0.1) is 24.5 Å². The predicted molar refractivity (Wildman–Crippen MR) is 86.7 cm³/mol. The maximum atomic E-state index is 12.5. The molecule has 1 heterocycles. The van der Waals surface area contributed by atoms with Gasteiger partial charge in [-0.05, 0) is 25.3 Å². The molecule has 6 nitrogen and oxygen atoms in total. The fourth-order valence-electron chi connectivity index (χ4n) is 2.55. The lowest BCUT2D eigenvalue weighted by atomic mass is 9.82. The molecular weight excluding hydrogens is 318 g/mol. The predicted octanol–water partition coefficient (Wildman–Crippen LogP) is 2.70. The Morgan fingerprint density at radius 3 is 2.52 bits per heavy atom. The second-order valence-corrected chi connectivity index (χ2v) is 6.42. The van der Waals surface area contributed by atoms with Gasteiger partial charge in [0.25, 0.3) is 0 Å². The highest BCUT2D eigenvalue weighted by Crippen LogP contribution is 2.32. The lowest BCUT2D eigenvalue weighted by molar-refractivity contribution is -0.146. The summed E-state index contributed by atoms with van der Waals surface area (Å²) in [4.78, 5) is 36.6. The first-order chi connectivity index (χ1) is 11.0. The molecule has 1 amide bonds. The van der Waals surface area contributed by atoms with Gasteiger partial charge in [-0.2, -0.15) is 0 Å². The zero-order valence-electron chi connectivity index (χ0n) is 13.0. The molecule has 0 radical (unpaired) electrons. The third kappa shape index (κ3) is 3.79. The molecule has 0 fully saturated rings. The van der Waals surface area contributed by atoms with Gasteiger partial charge < -0.3 is 15.2 Å². The van der Waals surface area contributed by atoms with Crippen molar-refractivity contribution in [3.8, 4) is 0 Å². The molecule has 124 valence electrons. The minimum atomic E-state index is -0.983. The van der Waals surface area contributed by atoms with E-state index in [0.29, 0.717) is 23.4 Å². The number of amides is 1. The number of carbonyl (C=O) groups excluding carboxylic acids is 2. The van der Waals surface area contributed by atoms with Gasteiger partial charge >= 0.3 is 11.9 Å². The van der Waals surface area contributed by atoms with E-state index in [1.165, 1.54) is 18.4 Å². The van der Waals surface area contributed by atoms with Crippen LogP contribution < -0.4 is 5.32 Å². The van der Waals surface area contributed by atoms with Crippen molar-refractivity contribution in [2.45, 2.75) is 26.2 Å². The van der Waals surface area contributed by atoms with Crippen LogP contribution in [0.5, 0.6) is 0 Å². The van der Waals surface area contributed by atoms with Crippen molar-refractivity contribution >= 4 is 34.2 Å². The number of ether oxygens (including phenoxy) is 1. The minimum Gasteiger partial charge on any atom is -0.481 e. The summed E-state index contributed by atoms with van der Waals surface area (Å²) in [5.41, 5.74) is 0.306. The molecular formula is C16H19NO5S. The Morgan fingerprint density at radius 2 is 1.96 bits per heavy atom. The van der Waals surface area contributed by atoms with E-state index >= 15 is 0 Å². The summed E-state index contributed by atoms with van der Waals surface area (Å²) in [7, 11) is 1.28. The Bertz CT molecular complexity index is 649. The lowest BCUT2D eigenvalue weighted by Crippen LogP contribution is -2.34. The summed E-state index contributed by atoms with van der Waals surface area (Å²) < 4.78 is 4.73. The van der Waals surface area contributed by atoms with Crippen molar-refractivity contribution in [1.29, 1.82) is 0 Å². The average molecular weight is 337 g/mol. The van der Waals surface area contributed by atoms with Crippen LogP contribution in [0.3, 0.4) is 0 Å². The molecule has 2 atom stereocenters. The zero-order chi connectivity index (χ0) is 17.0. The van der Waals surface area contributed by atoms with E-state index in [-0.39, 0.29) is 5.91 Å². The van der Waals surface area contributed by atoms with E-state index in [1.54, 1.807) is 12.1 Å². The number of anilines is 1. The number of hydrogen-bond acceptors (Lipinski definition) is 5. The fourth-order valence-corrected chi connectivity index (χ4v) is 3.54. The van der Waals surface area contributed by atoms with Crippen LogP contribution in [0.2, 0.25) is 0 Å². The van der Waals surface area contributed by atoms with Crippen molar-refractivity contribution in [1.82, 2.24) is 0 Å². The van der Waals surface area contributed by atoms with Gasteiger partial charge in [0, 0.05) is 4.88 Å². The number of nitrogens with one attached hydrogen (secondary N) is 1. The fraction of sp³-hybridized carbons (Fsp3) is 0.438. The maximum absolute atomic E-state index is 12.5. The number of rotatable bonds is 5. The van der Waals surface area contributed by atoms with E-state index < -0.39 is 23.8 Å². The number of thiophene rings is 1. The number of aliphatic carboxylic acids is 1. The molecule has 1 aromatic rings. The molecule has 2 N–H and O–H groups in total. The van der Waals surface area contributed by atoms with E-state index in [2.05, 4.69) is 5.32 Å². The Labute approximate surface area is 138 Å². The normalized spacial score (nSPS) is 20.1. The van der Waals surface area contributed by atoms with Crippen molar-refractivity contribution in [3.63, 3.8) is 0 Å².